The van der Waals surface area contributed by atoms with E-state index in [9.17, 15) is 9.59 Å². The van der Waals surface area contributed by atoms with E-state index in [0.717, 1.165) is 16.5 Å². The maximum Gasteiger partial charge on any atom is 0.238 e. The monoisotopic (exact) mass is 629 g/mol. The molecule has 220 valence electrons. The summed E-state index contributed by atoms with van der Waals surface area (Å²) in [7, 11) is 0. The van der Waals surface area contributed by atoms with Crippen molar-refractivity contribution < 1.29 is 14.4 Å². The van der Waals surface area contributed by atoms with Gasteiger partial charge in [0.05, 0.1) is 23.2 Å². The van der Waals surface area contributed by atoms with Gasteiger partial charge in [-0.05, 0) is 66.6 Å². The van der Waals surface area contributed by atoms with Crippen molar-refractivity contribution in [3.8, 4) is 0 Å². The molecule has 0 radical (unpaired) electrons. The summed E-state index contributed by atoms with van der Waals surface area (Å²) in [6, 6.07) is 25.1. The van der Waals surface area contributed by atoms with Crippen molar-refractivity contribution in [2.45, 2.75) is 24.4 Å². The van der Waals surface area contributed by atoms with Gasteiger partial charge in [0.25, 0.3) is 0 Å². The summed E-state index contributed by atoms with van der Waals surface area (Å²) in [5.74, 6) is -2.07. The van der Waals surface area contributed by atoms with Crippen molar-refractivity contribution in [2.24, 2.45) is 5.92 Å². The number of Topliss-reactive ketones (excluding diaryl/α,β-unsaturated/α-hetero) is 2. The van der Waals surface area contributed by atoms with Crippen LogP contribution in [0.4, 0.5) is 11.4 Å². The fraction of sp³-hybridized carbons (Fsp3) is 0.135. The van der Waals surface area contributed by atoms with Gasteiger partial charge in [-0.25, -0.2) is 0 Å². The molecule has 0 bridgehead atoms. The fourth-order valence-electron chi connectivity index (χ4n) is 7.48. The van der Waals surface area contributed by atoms with Crippen LogP contribution in [-0.4, -0.2) is 34.5 Å². The lowest BCUT2D eigenvalue weighted by molar-refractivity contribution is -0.121. The molecule has 1 N–H and O–H groups in total. The number of rotatable bonds is 4. The standard InChI is InChI=1S/C37H25Cl2N3O3/c1-20-4-6-23(7-5-20)34(43)30-33(35(44)24-10-13-25(38)14-11-24)42-29(37(30)27-19-26(39)15-16-28(27)41-36(37)45)17-12-22-9-8-21-3-2-18-40-31(21)32(22)42/h2-19,29-30,33H,1H3,(H,41,45)/t29?,30-,33-,37+/m1/s1. The van der Waals surface area contributed by atoms with Crippen LogP contribution in [0.5, 0.6) is 0 Å². The number of pyridine rings is 1. The van der Waals surface area contributed by atoms with Crippen LogP contribution < -0.4 is 10.2 Å². The Morgan fingerprint density at radius 3 is 2.36 bits per heavy atom. The Morgan fingerprint density at radius 2 is 1.58 bits per heavy atom. The number of aromatic nitrogens is 1. The molecule has 0 aliphatic carbocycles. The zero-order chi connectivity index (χ0) is 31.0. The summed E-state index contributed by atoms with van der Waals surface area (Å²) in [4.78, 5) is 51.3. The molecule has 45 heavy (non-hydrogen) atoms. The molecule has 5 aromatic rings. The minimum absolute atomic E-state index is 0.295. The number of amides is 1. The van der Waals surface area contributed by atoms with Gasteiger partial charge in [0.15, 0.2) is 11.6 Å². The molecule has 4 heterocycles. The maximum atomic E-state index is 15.0. The molecule has 1 spiro atoms. The molecular weight excluding hydrogens is 605 g/mol. The third-order valence-corrected chi connectivity index (χ3v) is 9.92. The number of benzene rings is 4. The lowest BCUT2D eigenvalue weighted by atomic mass is 9.64. The first-order chi connectivity index (χ1) is 21.8. The van der Waals surface area contributed by atoms with Crippen LogP contribution in [0.25, 0.3) is 17.0 Å². The summed E-state index contributed by atoms with van der Waals surface area (Å²) >= 11 is 12.8. The Morgan fingerprint density at radius 1 is 0.867 bits per heavy atom. The molecule has 1 saturated heterocycles. The van der Waals surface area contributed by atoms with Crippen LogP contribution in [0, 0.1) is 12.8 Å². The SMILES string of the molecule is Cc1ccc(C(=O)[C@H]2[C@H](C(=O)c3ccc(Cl)cc3)N3c4c(ccc5cccnc45)C=CC3[C@]23C(=O)Nc2ccc(Cl)cc23)cc1. The predicted octanol–water partition coefficient (Wildman–Crippen LogP) is 7.71. The number of halogens is 2. The van der Waals surface area contributed by atoms with Gasteiger partial charge in [0, 0.05) is 38.4 Å². The minimum atomic E-state index is -1.49. The topological polar surface area (TPSA) is 79.4 Å². The highest BCUT2D eigenvalue weighted by atomic mass is 35.5. The van der Waals surface area contributed by atoms with E-state index < -0.39 is 23.4 Å². The molecule has 1 fully saturated rings. The first-order valence-corrected chi connectivity index (χ1v) is 15.4. The molecule has 3 aliphatic heterocycles. The van der Waals surface area contributed by atoms with E-state index in [2.05, 4.69) is 5.32 Å². The van der Waals surface area contributed by atoms with E-state index in [1.165, 1.54) is 0 Å². The fourth-order valence-corrected chi connectivity index (χ4v) is 7.78. The van der Waals surface area contributed by atoms with Crippen molar-refractivity contribution in [3.63, 3.8) is 0 Å². The lowest BCUT2D eigenvalue weighted by Gasteiger charge is -2.38. The lowest BCUT2D eigenvalue weighted by Crippen LogP contribution is -2.51. The smallest absolute Gasteiger partial charge is 0.238 e. The highest BCUT2D eigenvalue weighted by molar-refractivity contribution is 6.31. The molecule has 4 aromatic carbocycles. The zero-order valence-corrected chi connectivity index (χ0v) is 25.5. The Labute approximate surface area is 269 Å². The summed E-state index contributed by atoms with van der Waals surface area (Å²) in [6.07, 6.45) is 5.62. The number of carbonyl (C=O) groups excluding carboxylic acids is 3. The molecule has 0 saturated carbocycles. The van der Waals surface area contributed by atoms with Crippen molar-refractivity contribution in [3.05, 3.63) is 141 Å². The van der Waals surface area contributed by atoms with Gasteiger partial charge in [-0.1, -0.05) is 83.4 Å². The van der Waals surface area contributed by atoms with Gasteiger partial charge in [-0.15, -0.1) is 0 Å². The van der Waals surface area contributed by atoms with Crippen LogP contribution >= 0.6 is 23.2 Å². The molecule has 4 atom stereocenters. The van der Waals surface area contributed by atoms with E-state index >= 15 is 4.79 Å². The summed E-state index contributed by atoms with van der Waals surface area (Å²) in [5, 5.41) is 4.84. The number of anilines is 2. The van der Waals surface area contributed by atoms with Gasteiger partial charge in [-0.3, -0.25) is 19.4 Å². The Balaban J connectivity index is 1.47. The summed E-state index contributed by atoms with van der Waals surface area (Å²) < 4.78 is 0. The number of nitrogens with one attached hydrogen (secondary N) is 1. The van der Waals surface area contributed by atoms with Crippen LogP contribution in [0.2, 0.25) is 10.0 Å². The second-order valence-corrected chi connectivity index (χ2v) is 12.7. The Hall–Kier alpha value is -4.78. The Kier molecular flexibility index (Phi) is 6.24. The maximum absolute atomic E-state index is 15.0. The number of carbonyl (C=O) groups is 3. The van der Waals surface area contributed by atoms with E-state index in [0.29, 0.717) is 43.6 Å². The number of ketones is 2. The van der Waals surface area contributed by atoms with Crippen molar-refractivity contribution in [1.29, 1.82) is 0 Å². The molecule has 8 rings (SSSR count). The number of hydrogen-bond donors (Lipinski definition) is 1. The van der Waals surface area contributed by atoms with Gasteiger partial charge in [-0.2, -0.15) is 0 Å². The summed E-state index contributed by atoms with van der Waals surface area (Å²) in [5.41, 5.74) is 3.70. The second kappa shape index (κ2) is 10.1. The third-order valence-electron chi connectivity index (χ3n) is 9.43. The largest absolute Gasteiger partial charge is 0.350 e. The molecule has 1 unspecified atom stereocenters. The first-order valence-electron chi connectivity index (χ1n) is 14.7. The van der Waals surface area contributed by atoms with E-state index in [4.69, 9.17) is 28.2 Å². The molecular formula is C37H25Cl2N3O3. The minimum Gasteiger partial charge on any atom is -0.350 e. The van der Waals surface area contributed by atoms with E-state index in [1.54, 1.807) is 60.8 Å². The molecule has 1 aromatic heterocycles. The summed E-state index contributed by atoms with van der Waals surface area (Å²) in [6.45, 7) is 1.95. The normalized spacial score (nSPS) is 22.7. The average Bonchev–Trinajstić information content (AvgIpc) is 3.52. The highest BCUT2D eigenvalue weighted by Crippen LogP contribution is 2.59. The number of aryl methyl sites for hydroxylation is 1. The van der Waals surface area contributed by atoms with Crippen molar-refractivity contribution >= 4 is 69.0 Å². The molecule has 3 aliphatic rings. The number of fused-ring (bicyclic) bond motifs is 8. The van der Waals surface area contributed by atoms with E-state index in [-0.39, 0.29) is 17.5 Å². The van der Waals surface area contributed by atoms with Crippen LogP contribution in [0.3, 0.4) is 0 Å². The van der Waals surface area contributed by atoms with Gasteiger partial charge < -0.3 is 10.2 Å². The number of hydrogen-bond acceptors (Lipinski definition) is 5. The predicted molar refractivity (Wildman–Crippen MR) is 177 cm³/mol. The van der Waals surface area contributed by atoms with Gasteiger partial charge in [0.2, 0.25) is 5.91 Å². The zero-order valence-electron chi connectivity index (χ0n) is 24.0. The van der Waals surface area contributed by atoms with Crippen molar-refractivity contribution in [2.75, 3.05) is 10.2 Å². The quantitative estimate of drug-likeness (QED) is 0.206. The van der Waals surface area contributed by atoms with Gasteiger partial charge in [0.1, 0.15) is 11.5 Å². The number of nitrogens with zero attached hydrogens (tertiary/aromatic N) is 2. The Bertz CT molecular complexity index is 2110. The molecule has 6 nitrogen and oxygen atoms in total. The molecule has 8 heteroatoms. The van der Waals surface area contributed by atoms with Crippen LogP contribution in [0.1, 0.15) is 37.4 Å². The van der Waals surface area contributed by atoms with Crippen LogP contribution in [0.15, 0.2) is 103 Å². The highest BCUT2D eigenvalue weighted by Gasteiger charge is 2.70. The first kappa shape index (κ1) is 27.7. The third kappa shape index (κ3) is 3.95. The van der Waals surface area contributed by atoms with Gasteiger partial charge >= 0.3 is 0 Å². The van der Waals surface area contributed by atoms with E-state index in [1.807, 2.05) is 60.4 Å². The van der Waals surface area contributed by atoms with Crippen LogP contribution in [-0.2, 0) is 10.2 Å². The molecule has 1 amide bonds. The van der Waals surface area contributed by atoms with Crippen molar-refractivity contribution in [1.82, 2.24) is 4.98 Å². The average molecular weight is 631 g/mol. The second-order valence-electron chi connectivity index (χ2n) is 11.8.